The standard InChI is InChI=1S/C12H18N2O3S.ClH/c1-3-12(15)10-5-4-6-11(9-10)18(16,17)14-8-7-13-2;/h4-6,9,13-14H,3,7-8H2,1-2H3;1H. The predicted molar refractivity (Wildman–Crippen MR) is 77.4 cm³/mol. The van der Waals surface area contributed by atoms with E-state index in [1.54, 1.807) is 26.1 Å². The van der Waals surface area contributed by atoms with Gasteiger partial charge in [0.05, 0.1) is 4.90 Å². The molecule has 0 aliphatic carbocycles. The van der Waals surface area contributed by atoms with E-state index >= 15 is 0 Å². The second-order valence-corrected chi connectivity index (χ2v) is 5.57. The highest BCUT2D eigenvalue weighted by Gasteiger charge is 2.14. The maximum atomic E-state index is 11.9. The molecular formula is C12H19ClN2O3S. The van der Waals surface area contributed by atoms with Crippen LogP contribution in [0.25, 0.3) is 0 Å². The molecule has 0 fully saturated rings. The van der Waals surface area contributed by atoms with Gasteiger partial charge in [-0.25, -0.2) is 13.1 Å². The van der Waals surface area contributed by atoms with Crippen LogP contribution in [0.5, 0.6) is 0 Å². The van der Waals surface area contributed by atoms with Crippen LogP contribution in [0.2, 0.25) is 0 Å². The number of hydrogen-bond donors (Lipinski definition) is 2. The summed E-state index contributed by atoms with van der Waals surface area (Å²) >= 11 is 0. The Bertz CT molecular complexity index is 517. The number of halogens is 1. The quantitative estimate of drug-likeness (QED) is 0.586. The third-order valence-electron chi connectivity index (χ3n) is 2.45. The maximum Gasteiger partial charge on any atom is 0.240 e. The number of ketones is 1. The van der Waals surface area contributed by atoms with Gasteiger partial charge in [0.2, 0.25) is 10.0 Å². The molecule has 1 rings (SSSR count). The topological polar surface area (TPSA) is 75.3 Å². The summed E-state index contributed by atoms with van der Waals surface area (Å²) in [6.45, 7) is 2.60. The first-order chi connectivity index (χ1) is 8.51. The molecule has 0 heterocycles. The number of Topliss-reactive ketones (excluding diaryl/α,β-unsaturated/α-hetero) is 1. The minimum Gasteiger partial charge on any atom is -0.318 e. The number of hydrogen-bond acceptors (Lipinski definition) is 4. The Hall–Kier alpha value is -0.950. The largest absolute Gasteiger partial charge is 0.318 e. The molecule has 7 heteroatoms. The molecule has 1 aromatic rings. The first-order valence-corrected chi connectivity index (χ1v) is 7.27. The van der Waals surface area contributed by atoms with E-state index < -0.39 is 10.0 Å². The summed E-state index contributed by atoms with van der Waals surface area (Å²) < 4.78 is 26.3. The van der Waals surface area contributed by atoms with Crippen molar-refractivity contribution in [1.29, 1.82) is 0 Å². The third kappa shape index (κ3) is 5.28. The second-order valence-electron chi connectivity index (χ2n) is 3.81. The summed E-state index contributed by atoms with van der Waals surface area (Å²) in [5.41, 5.74) is 0.425. The molecule has 19 heavy (non-hydrogen) atoms. The SMILES string of the molecule is CCC(=O)c1cccc(S(=O)(=O)NCCNC)c1.Cl. The van der Waals surface area contributed by atoms with E-state index in [1.165, 1.54) is 12.1 Å². The Kier molecular flexibility index (Phi) is 7.85. The Balaban J connectivity index is 0.00000324. The van der Waals surface area contributed by atoms with Gasteiger partial charge in [-0.05, 0) is 19.2 Å². The fraction of sp³-hybridized carbons (Fsp3) is 0.417. The lowest BCUT2D eigenvalue weighted by Gasteiger charge is -2.07. The van der Waals surface area contributed by atoms with Gasteiger partial charge < -0.3 is 5.32 Å². The molecule has 0 amide bonds. The number of nitrogens with one attached hydrogen (secondary N) is 2. The van der Waals surface area contributed by atoms with Gasteiger partial charge in [0.1, 0.15) is 0 Å². The molecule has 0 unspecified atom stereocenters. The second kappa shape index (κ2) is 8.27. The van der Waals surface area contributed by atoms with Gasteiger partial charge in [-0.2, -0.15) is 0 Å². The summed E-state index contributed by atoms with van der Waals surface area (Å²) in [4.78, 5) is 11.7. The summed E-state index contributed by atoms with van der Waals surface area (Å²) in [5, 5.41) is 2.85. The monoisotopic (exact) mass is 306 g/mol. The molecule has 0 aliphatic rings. The van der Waals surface area contributed by atoms with E-state index in [1.807, 2.05) is 0 Å². The summed E-state index contributed by atoms with van der Waals surface area (Å²) in [7, 11) is -1.79. The van der Waals surface area contributed by atoms with Crippen LogP contribution < -0.4 is 10.0 Å². The highest BCUT2D eigenvalue weighted by molar-refractivity contribution is 7.89. The van der Waals surface area contributed by atoms with Crippen LogP contribution >= 0.6 is 12.4 Å². The van der Waals surface area contributed by atoms with Crippen LogP contribution in [0.1, 0.15) is 23.7 Å². The summed E-state index contributed by atoms with van der Waals surface area (Å²) in [6, 6.07) is 6.09. The Morgan fingerprint density at radius 2 is 1.95 bits per heavy atom. The van der Waals surface area contributed by atoms with E-state index in [9.17, 15) is 13.2 Å². The molecule has 5 nitrogen and oxygen atoms in total. The van der Waals surface area contributed by atoms with Crippen LogP contribution in [0.15, 0.2) is 29.2 Å². The Labute approximate surface area is 120 Å². The minimum absolute atomic E-state index is 0. The number of likely N-dealkylation sites (N-methyl/N-ethyl adjacent to an activating group) is 1. The van der Waals surface area contributed by atoms with Crippen molar-refractivity contribution in [2.24, 2.45) is 0 Å². The van der Waals surface area contributed by atoms with Crippen LogP contribution in [0.4, 0.5) is 0 Å². The first kappa shape index (κ1) is 18.0. The number of rotatable bonds is 7. The molecule has 0 atom stereocenters. The fourth-order valence-electron chi connectivity index (χ4n) is 1.43. The van der Waals surface area contributed by atoms with Gasteiger partial charge in [0.15, 0.2) is 5.78 Å². The lowest BCUT2D eigenvalue weighted by Crippen LogP contribution is -2.30. The Morgan fingerprint density at radius 1 is 1.26 bits per heavy atom. The van der Waals surface area contributed by atoms with Crippen LogP contribution in [-0.2, 0) is 10.0 Å². The van der Waals surface area contributed by atoms with Gasteiger partial charge in [-0.3, -0.25) is 4.79 Å². The van der Waals surface area contributed by atoms with Crippen molar-refractivity contribution in [3.05, 3.63) is 29.8 Å². The van der Waals surface area contributed by atoms with Crippen molar-refractivity contribution < 1.29 is 13.2 Å². The molecule has 0 spiro atoms. The van der Waals surface area contributed by atoms with Crippen molar-refractivity contribution in [1.82, 2.24) is 10.0 Å². The first-order valence-electron chi connectivity index (χ1n) is 5.78. The normalized spacial score (nSPS) is 10.8. The van der Waals surface area contributed by atoms with E-state index in [4.69, 9.17) is 0 Å². The van der Waals surface area contributed by atoms with Gasteiger partial charge in [-0.15, -0.1) is 12.4 Å². The molecule has 0 aliphatic heterocycles. The van der Waals surface area contributed by atoms with E-state index in [0.29, 0.717) is 25.1 Å². The van der Waals surface area contributed by atoms with E-state index in [-0.39, 0.29) is 23.1 Å². The fourth-order valence-corrected chi connectivity index (χ4v) is 2.51. The highest BCUT2D eigenvalue weighted by Crippen LogP contribution is 2.12. The molecule has 0 bridgehead atoms. The highest BCUT2D eigenvalue weighted by atomic mass is 35.5. The van der Waals surface area contributed by atoms with Gasteiger partial charge in [-0.1, -0.05) is 19.1 Å². The average Bonchev–Trinajstić information content (AvgIpc) is 2.38. The third-order valence-corrected chi connectivity index (χ3v) is 3.91. The summed E-state index contributed by atoms with van der Waals surface area (Å²) in [5.74, 6) is -0.0673. The van der Waals surface area contributed by atoms with E-state index in [0.717, 1.165) is 0 Å². The van der Waals surface area contributed by atoms with Crippen molar-refractivity contribution >= 4 is 28.2 Å². The zero-order chi connectivity index (χ0) is 13.6. The lowest BCUT2D eigenvalue weighted by molar-refractivity contribution is 0.0988. The zero-order valence-corrected chi connectivity index (χ0v) is 12.6. The van der Waals surface area contributed by atoms with Crippen LogP contribution in [-0.4, -0.2) is 34.3 Å². The van der Waals surface area contributed by atoms with Crippen molar-refractivity contribution in [2.45, 2.75) is 18.2 Å². The maximum absolute atomic E-state index is 11.9. The van der Waals surface area contributed by atoms with Crippen molar-refractivity contribution in [3.8, 4) is 0 Å². The molecular weight excluding hydrogens is 288 g/mol. The molecule has 0 saturated carbocycles. The van der Waals surface area contributed by atoms with Crippen LogP contribution in [0.3, 0.4) is 0 Å². The molecule has 0 saturated heterocycles. The van der Waals surface area contributed by atoms with E-state index in [2.05, 4.69) is 10.0 Å². The number of benzene rings is 1. The minimum atomic E-state index is -3.54. The number of sulfonamides is 1. The molecule has 2 N–H and O–H groups in total. The van der Waals surface area contributed by atoms with Gasteiger partial charge in [0.25, 0.3) is 0 Å². The van der Waals surface area contributed by atoms with Crippen LogP contribution in [0, 0.1) is 0 Å². The zero-order valence-electron chi connectivity index (χ0n) is 11.0. The van der Waals surface area contributed by atoms with Gasteiger partial charge in [0, 0.05) is 25.1 Å². The van der Waals surface area contributed by atoms with Gasteiger partial charge >= 0.3 is 0 Å². The van der Waals surface area contributed by atoms with Crippen molar-refractivity contribution in [2.75, 3.05) is 20.1 Å². The molecule has 0 radical (unpaired) electrons. The molecule has 1 aromatic carbocycles. The Morgan fingerprint density at radius 3 is 2.53 bits per heavy atom. The summed E-state index contributed by atoms with van der Waals surface area (Å²) in [6.07, 6.45) is 0.358. The molecule has 108 valence electrons. The predicted octanol–water partition coefficient (Wildman–Crippen LogP) is 1.20. The van der Waals surface area contributed by atoms with Crippen molar-refractivity contribution in [3.63, 3.8) is 0 Å². The molecule has 0 aromatic heterocycles. The number of carbonyl (C=O) groups excluding carboxylic acids is 1. The average molecular weight is 307 g/mol. The number of carbonyl (C=O) groups is 1. The lowest BCUT2D eigenvalue weighted by atomic mass is 10.1. The smallest absolute Gasteiger partial charge is 0.240 e.